The minimum absolute atomic E-state index is 0.0147. The van der Waals surface area contributed by atoms with E-state index in [0.29, 0.717) is 5.69 Å². The molecule has 1 aliphatic carbocycles. The molecule has 2 aliphatic rings. The number of imide groups is 1. The second-order valence-corrected chi connectivity index (χ2v) is 5.53. The largest absolute Gasteiger partial charge is 0.508 e. The van der Waals surface area contributed by atoms with Crippen LogP contribution in [0.3, 0.4) is 0 Å². The van der Waals surface area contributed by atoms with Crippen LogP contribution < -0.4 is 10.6 Å². The summed E-state index contributed by atoms with van der Waals surface area (Å²) in [5, 5.41) is 9.29. The van der Waals surface area contributed by atoms with E-state index in [0.717, 1.165) is 4.90 Å². The number of nitrogens with zero attached hydrogens (tertiary/aromatic N) is 1. The second-order valence-electron chi connectivity index (χ2n) is 5.53. The summed E-state index contributed by atoms with van der Waals surface area (Å²) in [6, 6.07) is 4.25. The SMILES string of the molecule is CC1(C)C2C(=O)N(c3ccc(O)cc3N)C(=O)C21. The summed E-state index contributed by atoms with van der Waals surface area (Å²) in [7, 11) is 0. The maximum Gasteiger partial charge on any atom is 0.238 e. The van der Waals surface area contributed by atoms with Gasteiger partial charge in [-0.15, -0.1) is 0 Å². The number of carbonyl (C=O) groups excluding carboxylic acids is 2. The summed E-state index contributed by atoms with van der Waals surface area (Å²) >= 11 is 0. The first-order valence-electron chi connectivity index (χ1n) is 5.82. The first kappa shape index (κ1) is 11.1. The fourth-order valence-corrected chi connectivity index (χ4v) is 2.93. The molecule has 1 saturated heterocycles. The van der Waals surface area contributed by atoms with Crippen molar-refractivity contribution in [1.29, 1.82) is 0 Å². The van der Waals surface area contributed by atoms with Crippen LogP contribution in [0.2, 0.25) is 0 Å². The van der Waals surface area contributed by atoms with Crippen LogP contribution in [0.4, 0.5) is 11.4 Å². The van der Waals surface area contributed by atoms with Crippen molar-refractivity contribution in [1.82, 2.24) is 0 Å². The van der Waals surface area contributed by atoms with Crippen LogP contribution in [-0.2, 0) is 9.59 Å². The maximum absolute atomic E-state index is 12.2. The Morgan fingerprint density at radius 3 is 2.28 bits per heavy atom. The number of fused-ring (bicyclic) bond motifs is 1. The minimum atomic E-state index is -0.226. The highest BCUT2D eigenvalue weighted by atomic mass is 16.3. The van der Waals surface area contributed by atoms with Crippen LogP contribution in [-0.4, -0.2) is 16.9 Å². The molecule has 94 valence electrons. The van der Waals surface area contributed by atoms with Gasteiger partial charge in [-0.25, -0.2) is 4.90 Å². The van der Waals surface area contributed by atoms with Gasteiger partial charge in [0.2, 0.25) is 11.8 Å². The van der Waals surface area contributed by atoms with Crippen molar-refractivity contribution in [2.75, 3.05) is 10.6 Å². The molecule has 1 heterocycles. The number of nitrogen functional groups attached to an aromatic ring is 1. The van der Waals surface area contributed by atoms with E-state index in [4.69, 9.17) is 5.73 Å². The van der Waals surface area contributed by atoms with Gasteiger partial charge in [0.1, 0.15) is 5.75 Å². The van der Waals surface area contributed by atoms with Crippen LogP contribution in [0.1, 0.15) is 13.8 Å². The third kappa shape index (κ3) is 1.16. The van der Waals surface area contributed by atoms with Gasteiger partial charge in [-0.3, -0.25) is 9.59 Å². The van der Waals surface area contributed by atoms with Crippen molar-refractivity contribution >= 4 is 23.2 Å². The quantitative estimate of drug-likeness (QED) is 0.574. The summed E-state index contributed by atoms with van der Waals surface area (Å²) in [6.45, 7) is 3.85. The number of carbonyl (C=O) groups is 2. The van der Waals surface area contributed by atoms with Gasteiger partial charge >= 0.3 is 0 Å². The number of hydrogen-bond acceptors (Lipinski definition) is 4. The summed E-state index contributed by atoms with van der Waals surface area (Å²) < 4.78 is 0. The van der Waals surface area contributed by atoms with Gasteiger partial charge in [-0.1, -0.05) is 13.8 Å². The van der Waals surface area contributed by atoms with Crippen LogP contribution in [0.15, 0.2) is 18.2 Å². The number of phenols is 1. The lowest BCUT2D eigenvalue weighted by molar-refractivity contribution is -0.125. The van der Waals surface area contributed by atoms with Crippen molar-refractivity contribution in [2.24, 2.45) is 17.3 Å². The molecule has 2 amide bonds. The maximum atomic E-state index is 12.2. The topological polar surface area (TPSA) is 83.6 Å². The van der Waals surface area contributed by atoms with Gasteiger partial charge in [-0.2, -0.15) is 0 Å². The van der Waals surface area contributed by atoms with E-state index in [1.807, 2.05) is 13.8 Å². The van der Waals surface area contributed by atoms with E-state index in [1.54, 1.807) is 0 Å². The molecule has 1 aromatic rings. The van der Waals surface area contributed by atoms with E-state index in [-0.39, 0.29) is 40.5 Å². The Bertz CT molecular complexity index is 556. The Hall–Kier alpha value is -2.04. The fourth-order valence-electron chi connectivity index (χ4n) is 2.93. The van der Waals surface area contributed by atoms with Gasteiger partial charge in [0.25, 0.3) is 0 Å². The zero-order chi connectivity index (χ0) is 13.2. The highest BCUT2D eigenvalue weighted by Gasteiger charge is 2.72. The van der Waals surface area contributed by atoms with Gasteiger partial charge in [0.15, 0.2) is 0 Å². The van der Waals surface area contributed by atoms with Crippen molar-refractivity contribution in [3.8, 4) is 5.75 Å². The summed E-state index contributed by atoms with van der Waals surface area (Å²) in [4.78, 5) is 25.5. The Balaban J connectivity index is 2.01. The third-order valence-corrected chi connectivity index (χ3v) is 4.05. The molecular formula is C13H14N2O3. The van der Waals surface area contributed by atoms with Crippen LogP contribution in [0.5, 0.6) is 5.75 Å². The average Bonchev–Trinajstić information content (AvgIpc) is 2.72. The predicted octanol–water partition coefficient (Wildman–Crippen LogP) is 1.12. The highest BCUT2D eigenvalue weighted by molar-refractivity contribution is 6.26. The number of piperidine rings is 1. The zero-order valence-corrected chi connectivity index (χ0v) is 10.2. The Morgan fingerprint density at radius 1 is 1.22 bits per heavy atom. The minimum Gasteiger partial charge on any atom is -0.508 e. The molecule has 1 saturated carbocycles. The number of benzene rings is 1. The van der Waals surface area contributed by atoms with E-state index in [1.165, 1.54) is 18.2 Å². The Labute approximate surface area is 104 Å². The normalized spacial score (nSPS) is 28.4. The van der Waals surface area contributed by atoms with Crippen molar-refractivity contribution < 1.29 is 14.7 Å². The zero-order valence-electron chi connectivity index (χ0n) is 10.2. The van der Waals surface area contributed by atoms with Crippen molar-refractivity contribution in [2.45, 2.75) is 13.8 Å². The molecule has 3 rings (SSSR count). The number of hydrogen-bond donors (Lipinski definition) is 2. The van der Waals surface area contributed by atoms with Crippen LogP contribution >= 0.6 is 0 Å². The number of nitrogens with two attached hydrogens (primary N) is 1. The fraction of sp³-hybridized carbons (Fsp3) is 0.385. The van der Waals surface area contributed by atoms with Gasteiger partial charge in [-0.05, 0) is 17.5 Å². The van der Waals surface area contributed by atoms with E-state index < -0.39 is 0 Å². The molecule has 1 aromatic carbocycles. The summed E-state index contributed by atoms with van der Waals surface area (Å²) in [5.41, 5.74) is 6.12. The Morgan fingerprint density at radius 2 is 1.78 bits per heavy atom. The molecule has 3 N–H and O–H groups in total. The van der Waals surface area contributed by atoms with Crippen LogP contribution in [0, 0.1) is 17.3 Å². The number of aromatic hydroxyl groups is 1. The molecule has 2 unspecified atom stereocenters. The van der Waals surface area contributed by atoms with E-state index >= 15 is 0 Å². The molecule has 2 fully saturated rings. The third-order valence-electron chi connectivity index (χ3n) is 4.05. The lowest BCUT2D eigenvalue weighted by Crippen LogP contribution is -2.36. The molecule has 5 heteroatoms. The van der Waals surface area contributed by atoms with Crippen molar-refractivity contribution in [3.63, 3.8) is 0 Å². The van der Waals surface area contributed by atoms with Gasteiger partial charge in [0.05, 0.1) is 23.2 Å². The first-order valence-corrected chi connectivity index (χ1v) is 5.82. The number of phenolic OH excluding ortho intramolecular Hbond substituents is 1. The number of anilines is 2. The van der Waals surface area contributed by atoms with Gasteiger partial charge in [0, 0.05) is 6.07 Å². The summed E-state index contributed by atoms with van der Waals surface area (Å²) in [5.74, 6) is -0.808. The lowest BCUT2D eigenvalue weighted by atomic mass is 10.0. The van der Waals surface area contributed by atoms with E-state index in [9.17, 15) is 14.7 Å². The number of rotatable bonds is 1. The second kappa shape index (κ2) is 3.04. The molecular weight excluding hydrogens is 232 g/mol. The Kier molecular flexibility index (Phi) is 1.87. The summed E-state index contributed by atoms with van der Waals surface area (Å²) in [6.07, 6.45) is 0. The molecule has 2 atom stereocenters. The monoisotopic (exact) mass is 246 g/mol. The molecule has 0 aromatic heterocycles. The van der Waals surface area contributed by atoms with Crippen molar-refractivity contribution in [3.05, 3.63) is 18.2 Å². The molecule has 0 spiro atoms. The first-order chi connectivity index (χ1) is 8.35. The average molecular weight is 246 g/mol. The number of amides is 2. The molecule has 0 radical (unpaired) electrons. The van der Waals surface area contributed by atoms with Gasteiger partial charge < -0.3 is 10.8 Å². The predicted molar refractivity (Wildman–Crippen MR) is 65.8 cm³/mol. The molecule has 5 nitrogen and oxygen atoms in total. The highest BCUT2D eigenvalue weighted by Crippen LogP contribution is 2.63. The molecule has 0 bridgehead atoms. The van der Waals surface area contributed by atoms with E-state index in [2.05, 4.69) is 0 Å². The lowest BCUT2D eigenvalue weighted by Gasteiger charge is -2.21. The standard InChI is InChI=1S/C13H14N2O3/c1-13(2)9-10(13)12(18)15(11(9)17)8-4-3-6(16)5-7(8)14/h3-5,9-10,16H,14H2,1-2H3. The van der Waals surface area contributed by atoms with Crippen LogP contribution in [0.25, 0.3) is 0 Å². The smallest absolute Gasteiger partial charge is 0.238 e. The molecule has 1 aliphatic heterocycles. The molecule has 18 heavy (non-hydrogen) atoms.